The van der Waals surface area contributed by atoms with E-state index in [2.05, 4.69) is 23.9 Å². The number of rotatable bonds is 5. The highest BCUT2D eigenvalue weighted by atomic mass is 35.5. The third-order valence-electron chi connectivity index (χ3n) is 1.75. The van der Waals surface area contributed by atoms with Gasteiger partial charge in [0.15, 0.2) is 0 Å². The van der Waals surface area contributed by atoms with Crippen LogP contribution >= 0.6 is 11.6 Å². The second-order valence-electron chi connectivity index (χ2n) is 2.93. The highest BCUT2D eigenvalue weighted by Crippen LogP contribution is 2.09. The zero-order chi connectivity index (χ0) is 9.68. The summed E-state index contributed by atoms with van der Waals surface area (Å²) in [6, 6.07) is 0.312. The maximum Gasteiger partial charge on any atom is 0.0785 e. The minimum atomic E-state index is 0.312. The summed E-state index contributed by atoms with van der Waals surface area (Å²) in [5.74, 6) is 0. The fraction of sp³-hybridized carbons (Fsp3) is 0.444. The van der Waals surface area contributed by atoms with E-state index < -0.39 is 0 Å². The molecule has 0 bridgehead atoms. The highest BCUT2D eigenvalue weighted by molar-refractivity contribution is 6.30. The molecule has 3 nitrogen and oxygen atoms in total. The first-order chi connectivity index (χ1) is 6.24. The zero-order valence-corrected chi connectivity index (χ0v) is 8.46. The lowest BCUT2D eigenvalue weighted by molar-refractivity contribution is 0.464. The van der Waals surface area contributed by atoms with Gasteiger partial charge in [0.2, 0.25) is 0 Å². The fourth-order valence-electron chi connectivity index (χ4n) is 1.04. The molecule has 4 heteroatoms. The Hall–Kier alpha value is -0.800. The zero-order valence-electron chi connectivity index (χ0n) is 7.70. The van der Waals surface area contributed by atoms with Crippen LogP contribution in [-0.2, 0) is 0 Å². The lowest BCUT2D eigenvalue weighted by Crippen LogP contribution is -2.23. The van der Waals surface area contributed by atoms with Gasteiger partial charge in [0, 0.05) is 19.3 Å². The monoisotopic (exact) mass is 199 g/mol. The van der Waals surface area contributed by atoms with Gasteiger partial charge in [-0.05, 0) is 6.92 Å². The standard InChI is InChI=1S/C9H14ClN3/c1-3-4-11-5-8(2)13-7-9(10)6-12-13/h3,6-8,11H,1,4-5H2,2H3. The van der Waals surface area contributed by atoms with Crippen molar-refractivity contribution in [2.24, 2.45) is 0 Å². The first-order valence-corrected chi connectivity index (χ1v) is 4.63. The van der Waals surface area contributed by atoms with Gasteiger partial charge < -0.3 is 5.32 Å². The summed E-state index contributed by atoms with van der Waals surface area (Å²) < 4.78 is 1.85. The molecule has 0 amide bonds. The van der Waals surface area contributed by atoms with Crippen molar-refractivity contribution in [3.8, 4) is 0 Å². The van der Waals surface area contributed by atoms with Gasteiger partial charge in [0.05, 0.1) is 17.3 Å². The van der Waals surface area contributed by atoms with Crippen molar-refractivity contribution in [1.29, 1.82) is 0 Å². The van der Waals surface area contributed by atoms with Crippen LogP contribution in [0.5, 0.6) is 0 Å². The average molecular weight is 200 g/mol. The Morgan fingerprint density at radius 1 is 1.85 bits per heavy atom. The molecule has 1 rings (SSSR count). The predicted octanol–water partition coefficient (Wildman–Crippen LogP) is 1.87. The second-order valence-corrected chi connectivity index (χ2v) is 3.37. The van der Waals surface area contributed by atoms with E-state index >= 15 is 0 Å². The number of hydrogen-bond donors (Lipinski definition) is 1. The van der Waals surface area contributed by atoms with E-state index in [1.807, 2.05) is 17.0 Å². The third-order valence-corrected chi connectivity index (χ3v) is 1.95. The molecule has 0 saturated carbocycles. The summed E-state index contributed by atoms with van der Waals surface area (Å²) >= 11 is 5.75. The molecule has 0 fully saturated rings. The first kappa shape index (κ1) is 10.3. The van der Waals surface area contributed by atoms with Gasteiger partial charge in [-0.15, -0.1) is 6.58 Å². The van der Waals surface area contributed by atoms with Crippen LogP contribution in [0.25, 0.3) is 0 Å². The molecule has 72 valence electrons. The minimum Gasteiger partial charge on any atom is -0.311 e. The highest BCUT2D eigenvalue weighted by Gasteiger charge is 2.04. The Bertz CT molecular complexity index is 270. The number of aromatic nitrogens is 2. The van der Waals surface area contributed by atoms with Gasteiger partial charge in [-0.25, -0.2) is 0 Å². The number of halogens is 1. The van der Waals surface area contributed by atoms with Crippen molar-refractivity contribution < 1.29 is 0 Å². The topological polar surface area (TPSA) is 29.9 Å². The van der Waals surface area contributed by atoms with Crippen molar-refractivity contribution in [2.45, 2.75) is 13.0 Å². The molecule has 1 unspecified atom stereocenters. The van der Waals surface area contributed by atoms with E-state index in [0.717, 1.165) is 13.1 Å². The van der Waals surface area contributed by atoms with E-state index in [4.69, 9.17) is 11.6 Å². The van der Waals surface area contributed by atoms with Crippen LogP contribution < -0.4 is 5.32 Å². The maximum absolute atomic E-state index is 5.75. The summed E-state index contributed by atoms with van der Waals surface area (Å²) in [5, 5.41) is 8.01. The Kier molecular flexibility index (Phi) is 3.99. The second kappa shape index (κ2) is 5.04. The summed E-state index contributed by atoms with van der Waals surface area (Å²) in [4.78, 5) is 0. The quantitative estimate of drug-likeness (QED) is 0.580. The summed E-state index contributed by atoms with van der Waals surface area (Å²) in [6.45, 7) is 7.40. The van der Waals surface area contributed by atoms with E-state index in [9.17, 15) is 0 Å². The van der Waals surface area contributed by atoms with Gasteiger partial charge >= 0.3 is 0 Å². The van der Waals surface area contributed by atoms with Crippen molar-refractivity contribution in [1.82, 2.24) is 15.1 Å². The van der Waals surface area contributed by atoms with E-state index in [-0.39, 0.29) is 0 Å². The van der Waals surface area contributed by atoms with Gasteiger partial charge in [-0.2, -0.15) is 5.10 Å². The third kappa shape index (κ3) is 3.20. The molecular weight excluding hydrogens is 186 g/mol. The van der Waals surface area contributed by atoms with Crippen LogP contribution in [0.2, 0.25) is 5.02 Å². The largest absolute Gasteiger partial charge is 0.311 e. The molecule has 1 aromatic rings. The minimum absolute atomic E-state index is 0.312. The molecular formula is C9H14ClN3. The van der Waals surface area contributed by atoms with Gasteiger partial charge in [0.1, 0.15) is 0 Å². The van der Waals surface area contributed by atoms with Crippen LogP contribution in [0.15, 0.2) is 25.0 Å². The Morgan fingerprint density at radius 3 is 3.15 bits per heavy atom. The molecule has 13 heavy (non-hydrogen) atoms. The number of hydrogen-bond acceptors (Lipinski definition) is 2. The SMILES string of the molecule is C=CCNCC(C)n1cc(Cl)cn1. The molecule has 0 saturated heterocycles. The Balaban J connectivity index is 2.39. The van der Waals surface area contributed by atoms with Crippen LogP contribution in [0.4, 0.5) is 0 Å². The summed E-state index contributed by atoms with van der Waals surface area (Å²) in [7, 11) is 0. The maximum atomic E-state index is 5.75. The van der Waals surface area contributed by atoms with E-state index in [1.165, 1.54) is 0 Å². The lowest BCUT2D eigenvalue weighted by Gasteiger charge is -2.11. The number of nitrogens with zero attached hydrogens (tertiary/aromatic N) is 2. The van der Waals surface area contributed by atoms with Crippen LogP contribution in [0, 0.1) is 0 Å². The van der Waals surface area contributed by atoms with Crippen molar-refractivity contribution >= 4 is 11.6 Å². The molecule has 0 aliphatic carbocycles. The van der Waals surface area contributed by atoms with E-state index in [1.54, 1.807) is 6.20 Å². The summed E-state index contributed by atoms with van der Waals surface area (Å²) in [5.41, 5.74) is 0. The van der Waals surface area contributed by atoms with Gasteiger partial charge in [-0.1, -0.05) is 17.7 Å². The predicted molar refractivity (Wildman–Crippen MR) is 55.0 cm³/mol. The molecule has 0 aromatic carbocycles. The van der Waals surface area contributed by atoms with Gasteiger partial charge in [0.25, 0.3) is 0 Å². The summed E-state index contributed by atoms with van der Waals surface area (Å²) in [6.07, 6.45) is 5.30. The number of nitrogens with one attached hydrogen (secondary N) is 1. The van der Waals surface area contributed by atoms with Crippen LogP contribution in [0.1, 0.15) is 13.0 Å². The smallest absolute Gasteiger partial charge is 0.0785 e. The van der Waals surface area contributed by atoms with Gasteiger partial charge in [-0.3, -0.25) is 4.68 Å². The molecule has 0 aliphatic rings. The average Bonchev–Trinajstić information content (AvgIpc) is 2.52. The van der Waals surface area contributed by atoms with Crippen LogP contribution in [0.3, 0.4) is 0 Å². The molecule has 0 radical (unpaired) electrons. The van der Waals surface area contributed by atoms with E-state index in [0.29, 0.717) is 11.1 Å². The first-order valence-electron chi connectivity index (χ1n) is 4.25. The van der Waals surface area contributed by atoms with Crippen LogP contribution in [-0.4, -0.2) is 22.9 Å². The lowest BCUT2D eigenvalue weighted by atomic mass is 10.3. The van der Waals surface area contributed by atoms with Crippen molar-refractivity contribution in [2.75, 3.05) is 13.1 Å². The molecule has 1 atom stereocenters. The molecule has 1 aromatic heterocycles. The molecule has 0 aliphatic heterocycles. The normalized spacial score (nSPS) is 12.8. The van der Waals surface area contributed by atoms with Crippen molar-refractivity contribution in [3.63, 3.8) is 0 Å². The Labute approximate surface area is 83.4 Å². The fourth-order valence-corrected chi connectivity index (χ4v) is 1.19. The Morgan fingerprint density at radius 2 is 2.62 bits per heavy atom. The molecule has 0 spiro atoms. The molecule has 1 N–H and O–H groups in total. The molecule has 1 heterocycles. The van der Waals surface area contributed by atoms with Crippen molar-refractivity contribution in [3.05, 3.63) is 30.1 Å².